The minimum absolute atomic E-state index is 0.302. The van der Waals surface area contributed by atoms with Crippen molar-refractivity contribution in [1.29, 1.82) is 0 Å². The molecule has 0 radical (unpaired) electrons. The summed E-state index contributed by atoms with van der Waals surface area (Å²) in [4.78, 5) is 10.9. The summed E-state index contributed by atoms with van der Waals surface area (Å²) in [5.74, 6) is 0.302. The molecule has 1 fully saturated rings. The molecule has 0 N–H and O–H groups in total. The van der Waals surface area contributed by atoms with Crippen LogP contribution in [0.25, 0.3) is 0 Å². The molecule has 0 aromatic rings. The van der Waals surface area contributed by atoms with Crippen LogP contribution in [0.15, 0.2) is 36.5 Å². The van der Waals surface area contributed by atoms with Gasteiger partial charge in [-0.2, -0.15) is 0 Å². The molecule has 58 valence electrons. The highest BCUT2D eigenvalue weighted by molar-refractivity contribution is 5.84. The van der Waals surface area contributed by atoms with Crippen LogP contribution in [0.1, 0.15) is 19.3 Å². The van der Waals surface area contributed by atoms with E-state index in [0.29, 0.717) is 18.6 Å². The Labute approximate surface area is 67.1 Å². The largest absolute Gasteiger partial charge is 0.299 e. The topological polar surface area (TPSA) is 17.1 Å². The number of hydrogen-bond acceptors (Lipinski definition) is 1. The van der Waals surface area contributed by atoms with E-state index in [0.717, 1.165) is 12.0 Å². The first-order chi connectivity index (χ1) is 5.24. The third-order valence-electron chi connectivity index (χ3n) is 1.86. The molecular formula is C10H12O. The molecular weight excluding hydrogens is 136 g/mol. The smallest absolute Gasteiger partial charge is 0.137 e. The Morgan fingerprint density at radius 3 is 2.64 bits per heavy atom. The van der Waals surface area contributed by atoms with Crippen molar-refractivity contribution in [2.75, 3.05) is 0 Å². The minimum atomic E-state index is 0.302. The van der Waals surface area contributed by atoms with Gasteiger partial charge in [-0.15, -0.1) is 0 Å². The van der Waals surface area contributed by atoms with Gasteiger partial charge in [-0.1, -0.05) is 25.3 Å². The minimum Gasteiger partial charge on any atom is -0.299 e. The predicted octanol–water partition coefficient (Wildman–Crippen LogP) is 2.41. The Kier molecular flexibility index (Phi) is 2.42. The lowest BCUT2D eigenvalue weighted by Crippen LogP contribution is -2.08. The Balaban J connectivity index is 2.72. The van der Waals surface area contributed by atoms with Crippen LogP contribution < -0.4 is 0 Å². The fourth-order valence-electron chi connectivity index (χ4n) is 1.23. The predicted molar refractivity (Wildman–Crippen MR) is 46.3 cm³/mol. The number of rotatable bonds is 1. The molecule has 0 aromatic carbocycles. The van der Waals surface area contributed by atoms with Gasteiger partial charge >= 0.3 is 0 Å². The zero-order chi connectivity index (χ0) is 8.27. The first kappa shape index (κ1) is 7.99. The van der Waals surface area contributed by atoms with Crippen LogP contribution in [0.5, 0.6) is 0 Å². The van der Waals surface area contributed by atoms with Gasteiger partial charge < -0.3 is 0 Å². The van der Waals surface area contributed by atoms with Crippen molar-refractivity contribution in [1.82, 2.24) is 0 Å². The molecule has 0 atom stereocenters. The molecule has 1 aliphatic carbocycles. The van der Waals surface area contributed by atoms with Crippen LogP contribution in [-0.2, 0) is 4.79 Å². The Hall–Kier alpha value is -1.11. The molecule has 1 nitrogen and oxygen atoms in total. The maximum absolute atomic E-state index is 10.9. The molecule has 0 amide bonds. The molecule has 0 aromatic heterocycles. The highest BCUT2D eigenvalue weighted by atomic mass is 16.1. The second kappa shape index (κ2) is 3.33. The molecule has 0 heterocycles. The standard InChI is InChI=1S/C10H12O/c1-3-4-9-5-6-10(11)7-8(9)2/h3-4H,1-2,5-7H2/b9-4-. The molecule has 1 aliphatic rings. The molecule has 1 rings (SSSR count). The van der Waals surface area contributed by atoms with Crippen LogP contribution in [0.4, 0.5) is 0 Å². The number of carbonyl (C=O) groups excluding carboxylic acids is 1. The normalized spacial score (nSPS) is 22.4. The molecule has 1 saturated carbocycles. The van der Waals surface area contributed by atoms with Crippen molar-refractivity contribution in [3.05, 3.63) is 36.5 Å². The van der Waals surface area contributed by atoms with Crippen LogP contribution >= 0.6 is 0 Å². The summed E-state index contributed by atoms with van der Waals surface area (Å²) in [6, 6.07) is 0. The third-order valence-corrected chi connectivity index (χ3v) is 1.86. The number of ketones is 1. The molecule has 0 aliphatic heterocycles. The van der Waals surface area contributed by atoms with Crippen molar-refractivity contribution in [2.24, 2.45) is 0 Å². The van der Waals surface area contributed by atoms with Crippen molar-refractivity contribution in [3.63, 3.8) is 0 Å². The number of carbonyl (C=O) groups is 1. The maximum Gasteiger partial charge on any atom is 0.137 e. The summed E-state index contributed by atoms with van der Waals surface area (Å²) in [7, 11) is 0. The van der Waals surface area contributed by atoms with Gasteiger partial charge in [0.15, 0.2) is 0 Å². The third kappa shape index (κ3) is 1.90. The summed E-state index contributed by atoms with van der Waals surface area (Å²) in [6.07, 6.45) is 5.72. The van der Waals surface area contributed by atoms with Gasteiger partial charge in [0.25, 0.3) is 0 Å². The second-order valence-corrected chi connectivity index (χ2v) is 2.75. The van der Waals surface area contributed by atoms with E-state index in [1.165, 1.54) is 5.57 Å². The first-order valence-electron chi connectivity index (χ1n) is 3.75. The molecule has 1 heteroatoms. The quantitative estimate of drug-likeness (QED) is 0.558. The van der Waals surface area contributed by atoms with E-state index in [9.17, 15) is 4.79 Å². The Bertz CT molecular complexity index is 233. The summed E-state index contributed by atoms with van der Waals surface area (Å²) in [6.45, 7) is 7.43. The van der Waals surface area contributed by atoms with Gasteiger partial charge in [0.2, 0.25) is 0 Å². The average Bonchev–Trinajstić information content (AvgIpc) is 1.95. The monoisotopic (exact) mass is 148 g/mol. The summed E-state index contributed by atoms with van der Waals surface area (Å²) in [5.41, 5.74) is 2.14. The highest BCUT2D eigenvalue weighted by Gasteiger charge is 2.14. The second-order valence-electron chi connectivity index (χ2n) is 2.75. The van der Waals surface area contributed by atoms with Gasteiger partial charge in [-0.3, -0.25) is 4.79 Å². The van der Waals surface area contributed by atoms with E-state index >= 15 is 0 Å². The van der Waals surface area contributed by atoms with Crippen molar-refractivity contribution >= 4 is 5.78 Å². The fourth-order valence-corrected chi connectivity index (χ4v) is 1.23. The van der Waals surface area contributed by atoms with E-state index < -0.39 is 0 Å². The average molecular weight is 148 g/mol. The molecule has 0 saturated heterocycles. The first-order valence-corrected chi connectivity index (χ1v) is 3.75. The fraction of sp³-hybridized carbons (Fsp3) is 0.300. The number of hydrogen-bond donors (Lipinski definition) is 0. The van der Waals surface area contributed by atoms with E-state index in [-0.39, 0.29) is 0 Å². The lowest BCUT2D eigenvalue weighted by molar-refractivity contribution is -0.118. The van der Waals surface area contributed by atoms with Crippen molar-refractivity contribution in [2.45, 2.75) is 19.3 Å². The van der Waals surface area contributed by atoms with Crippen LogP contribution in [-0.4, -0.2) is 5.78 Å². The Morgan fingerprint density at radius 2 is 2.09 bits per heavy atom. The van der Waals surface area contributed by atoms with Gasteiger partial charge in [0.1, 0.15) is 5.78 Å². The SMILES string of the molecule is C=C/C=C1/CCC(=O)CC1=C. The van der Waals surface area contributed by atoms with Crippen molar-refractivity contribution in [3.8, 4) is 0 Å². The Morgan fingerprint density at radius 1 is 1.36 bits per heavy atom. The van der Waals surface area contributed by atoms with Gasteiger partial charge in [-0.25, -0.2) is 0 Å². The van der Waals surface area contributed by atoms with E-state index in [4.69, 9.17) is 0 Å². The van der Waals surface area contributed by atoms with Gasteiger partial charge in [0.05, 0.1) is 0 Å². The lowest BCUT2D eigenvalue weighted by Gasteiger charge is -2.14. The van der Waals surface area contributed by atoms with E-state index in [2.05, 4.69) is 13.2 Å². The van der Waals surface area contributed by atoms with Crippen LogP contribution in [0, 0.1) is 0 Å². The van der Waals surface area contributed by atoms with E-state index in [1.54, 1.807) is 6.08 Å². The van der Waals surface area contributed by atoms with Crippen LogP contribution in [0.2, 0.25) is 0 Å². The molecule has 0 bridgehead atoms. The zero-order valence-electron chi connectivity index (χ0n) is 6.60. The zero-order valence-corrected chi connectivity index (χ0v) is 6.60. The van der Waals surface area contributed by atoms with E-state index in [1.807, 2.05) is 6.08 Å². The molecule has 11 heavy (non-hydrogen) atoms. The number of allylic oxidation sites excluding steroid dienone is 4. The maximum atomic E-state index is 10.9. The van der Waals surface area contributed by atoms with Crippen LogP contribution in [0.3, 0.4) is 0 Å². The lowest BCUT2D eigenvalue weighted by atomic mass is 9.89. The molecule has 0 unspecified atom stereocenters. The van der Waals surface area contributed by atoms with Crippen molar-refractivity contribution < 1.29 is 4.79 Å². The molecule has 0 spiro atoms. The summed E-state index contributed by atoms with van der Waals surface area (Å²) in [5, 5.41) is 0. The van der Waals surface area contributed by atoms with Gasteiger partial charge in [0, 0.05) is 12.8 Å². The van der Waals surface area contributed by atoms with Gasteiger partial charge in [-0.05, 0) is 17.6 Å². The highest BCUT2D eigenvalue weighted by Crippen LogP contribution is 2.24. The summed E-state index contributed by atoms with van der Waals surface area (Å²) >= 11 is 0. The summed E-state index contributed by atoms with van der Waals surface area (Å²) < 4.78 is 0. The number of Topliss-reactive ketones (excluding diaryl/α,β-unsaturated/α-hetero) is 1.